The number of anilines is 1. The number of hydrogen-bond donors (Lipinski definition) is 1. The Morgan fingerprint density at radius 3 is 2.75 bits per heavy atom. The van der Waals surface area contributed by atoms with E-state index >= 15 is 0 Å². The molecule has 2 rings (SSSR count). The maximum absolute atomic E-state index is 12.3. The van der Waals surface area contributed by atoms with E-state index in [4.69, 9.17) is 14.2 Å². The van der Waals surface area contributed by atoms with Crippen molar-refractivity contribution in [2.75, 3.05) is 39.3 Å². The normalized spacial score (nSPS) is 17.5. The number of likely N-dealkylation sites (N-methyl/N-ethyl adjacent to an activating group) is 1. The number of carbonyl (C=O) groups excluding carboxylic acids is 1. The van der Waals surface area contributed by atoms with Gasteiger partial charge in [-0.3, -0.25) is 0 Å². The summed E-state index contributed by atoms with van der Waals surface area (Å²) in [6.45, 7) is -0.382. The molecule has 134 valence electrons. The second-order valence-corrected chi connectivity index (χ2v) is 5.33. The summed E-state index contributed by atoms with van der Waals surface area (Å²) in [7, 11) is 2.96. The summed E-state index contributed by atoms with van der Waals surface area (Å²) in [4.78, 5) is 13.7. The molecule has 0 aromatic heterocycles. The van der Waals surface area contributed by atoms with Gasteiger partial charge in [0.1, 0.15) is 0 Å². The van der Waals surface area contributed by atoms with Crippen molar-refractivity contribution in [2.45, 2.75) is 18.6 Å². The fourth-order valence-corrected chi connectivity index (χ4v) is 2.23. The quantitative estimate of drug-likeness (QED) is 0.889. The Kier molecular flexibility index (Phi) is 5.76. The van der Waals surface area contributed by atoms with Gasteiger partial charge < -0.3 is 24.4 Å². The molecule has 1 aliphatic heterocycles. The molecule has 1 heterocycles. The van der Waals surface area contributed by atoms with Crippen molar-refractivity contribution in [3.05, 3.63) is 18.2 Å². The summed E-state index contributed by atoms with van der Waals surface area (Å²) in [5.41, 5.74) is 0.309. The zero-order chi connectivity index (χ0) is 17.7. The summed E-state index contributed by atoms with van der Waals surface area (Å²) in [5, 5.41) is 2.62. The molecule has 1 aromatic carbocycles. The second kappa shape index (κ2) is 7.61. The highest BCUT2D eigenvalue weighted by Crippen LogP contribution is 2.31. The Hall–Kier alpha value is -2.16. The van der Waals surface area contributed by atoms with E-state index in [0.29, 0.717) is 18.9 Å². The number of nitrogens with zero attached hydrogens (tertiary/aromatic N) is 1. The van der Waals surface area contributed by atoms with Crippen molar-refractivity contribution in [1.29, 1.82) is 0 Å². The number of benzene rings is 1. The molecule has 1 atom stereocenters. The maximum atomic E-state index is 12.3. The largest absolute Gasteiger partial charge is 0.493 e. The zero-order valence-electron chi connectivity index (χ0n) is 13.4. The number of ether oxygens (including phenoxy) is 3. The SMILES string of the molecule is COc1ccc(NC(=O)N(C)[C@H]2CCOC2)cc1OCC(F)(F)F. The number of nitrogens with one attached hydrogen (secondary N) is 1. The zero-order valence-corrected chi connectivity index (χ0v) is 13.4. The number of urea groups is 1. The minimum atomic E-state index is -4.47. The van der Waals surface area contributed by atoms with E-state index in [9.17, 15) is 18.0 Å². The Morgan fingerprint density at radius 1 is 1.42 bits per heavy atom. The van der Waals surface area contributed by atoms with Gasteiger partial charge in [0, 0.05) is 25.4 Å². The monoisotopic (exact) mass is 348 g/mol. The second-order valence-electron chi connectivity index (χ2n) is 5.33. The van der Waals surface area contributed by atoms with Crippen molar-refractivity contribution in [3.8, 4) is 11.5 Å². The molecule has 6 nitrogen and oxygen atoms in total. The van der Waals surface area contributed by atoms with Crippen molar-refractivity contribution < 1.29 is 32.2 Å². The lowest BCUT2D eigenvalue weighted by atomic mass is 10.2. The Labute approximate surface area is 137 Å². The molecule has 0 spiro atoms. The highest BCUT2D eigenvalue weighted by atomic mass is 19.4. The molecule has 0 unspecified atom stereocenters. The first-order chi connectivity index (χ1) is 11.3. The third kappa shape index (κ3) is 4.92. The van der Waals surface area contributed by atoms with E-state index in [1.54, 1.807) is 7.05 Å². The number of hydrogen-bond acceptors (Lipinski definition) is 4. The van der Waals surface area contributed by atoms with Crippen molar-refractivity contribution >= 4 is 11.7 Å². The Balaban J connectivity index is 2.05. The van der Waals surface area contributed by atoms with Crippen LogP contribution in [0.25, 0.3) is 0 Å². The highest BCUT2D eigenvalue weighted by Gasteiger charge is 2.29. The molecule has 2 amide bonds. The lowest BCUT2D eigenvalue weighted by Gasteiger charge is -2.23. The number of rotatable bonds is 5. The molecule has 1 N–H and O–H groups in total. The first-order valence-electron chi connectivity index (χ1n) is 7.29. The van der Waals surface area contributed by atoms with Crippen molar-refractivity contribution in [2.24, 2.45) is 0 Å². The van der Waals surface area contributed by atoms with E-state index in [0.717, 1.165) is 6.42 Å². The van der Waals surface area contributed by atoms with Crippen LogP contribution in [-0.4, -0.2) is 57.1 Å². The maximum Gasteiger partial charge on any atom is 0.422 e. The fraction of sp³-hybridized carbons (Fsp3) is 0.533. The first-order valence-corrected chi connectivity index (χ1v) is 7.29. The molecule has 9 heteroatoms. The van der Waals surface area contributed by atoms with Crippen LogP contribution in [0.2, 0.25) is 0 Å². The van der Waals surface area contributed by atoms with Crippen LogP contribution in [-0.2, 0) is 4.74 Å². The molecule has 0 bridgehead atoms. The number of halogens is 3. The number of carbonyl (C=O) groups is 1. The van der Waals surface area contributed by atoms with Crippen molar-refractivity contribution in [3.63, 3.8) is 0 Å². The third-order valence-electron chi connectivity index (χ3n) is 3.58. The van der Waals surface area contributed by atoms with Gasteiger partial charge in [0.15, 0.2) is 18.1 Å². The van der Waals surface area contributed by atoms with Crippen molar-refractivity contribution in [1.82, 2.24) is 4.90 Å². The average molecular weight is 348 g/mol. The van der Waals surface area contributed by atoms with Gasteiger partial charge >= 0.3 is 12.2 Å². The van der Waals surface area contributed by atoms with E-state index < -0.39 is 12.8 Å². The summed E-state index contributed by atoms with van der Waals surface area (Å²) < 4.78 is 51.9. The fourth-order valence-electron chi connectivity index (χ4n) is 2.23. The predicted octanol–water partition coefficient (Wildman–Crippen LogP) is 2.89. The Morgan fingerprint density at radius 2 is 2.17 bits per heavy atom. The third-order valence-corrected chi connectivity index (χ3v) is 3.58. The van der Waals surface area contributed by atoms with Crippen LogP contribution in [0.4, 0.5) is 23.7 Å². The molecule has 24 heavy (non-hydrogen) atoms. The van der Waals surface area contributed by atoms with Crippen LogP contribution in [0, 0.1) is 0 Å². The molecule has 1 aromatic rings. The topological polar surface area (TPSA) is 60.0 Å². The van der Waals surface area contributed by atoms with E-state index in [2.05, 4.69) is 5.32 Å². The van der Waals surface area contributed by atoms with E-state index in [-0.39, 0.29) is 23.6 Å². The molecule has 1 saturated heterocycles. The first kappa shape index (κ1) is 18.2. The number of methoxy groups -OCH3 is 1. The average Bonchev–Trinajstić information content (AvgIpc) is 3.06. The van der Waals surface area contributed by atoms with Gasteiger partial charge in [0.25, 0.3) is 0 Å². The minimum absolute atomic E-state index is 0.0239. The van der Waals surface area contributed by atoms with Crippen LogP contribution in [0.15, 0.2) is 18.2 Å². The van der Waals surface area contributed by atoms with Crippen LogP contribution >= 0.6 is 0 Å². The number of amides is 2. The van der Waals surface area contributed by atoms with Gasteiger partial charge in [-0.2, -0.15) is 13.2 Å². The molecule has 1 aliphatic rings. The summed E-state index contributed by atoms with van der Waals surface area (Å²) in [5.74, 6) is 0.0503. The van der Waals surface area contributed by atoms with Gasteiger partial charge in [-0.1, -0.05) is 0 Å². The molecule has 1 fully saturated rings. The molecule has 0 radical (unpaired) electrons. The van der Waals surface area contributed by atoms with Gasteiger partial charge in [-0.25, -0.2) is 4.79 Å². The molecule has 0 aliphatic carbocycles. The van der Waals surface area contributed by atoms with Crippen LogP contribution in [0.1, 0.15) is 6.42 Å². The highest BCUT2D eigenvalue weighted by molar-refractivity contribution is 5.89. The smallest absolute Gasteiger partial charge is 0.422 e. The predicted molar refractivity (Wildman–Crippen MR) is 80.5 cm³/mol. The standard InChI is InChI=1S/C15H19F3N2O4/c1-20(11-5-6-23-8-11)14(21)19-10-3-4-12(22-2)13(7-10)24-9-15(16,17)18/h3-4,7,11H,5-6,8-9H2,1-2H3,(H,19,21)/t11-/m0/s1. The number of alkyl halides is 3. The Bertz CT molecular complexity index is 574. The lowest BCUT2D eigenvalue weighted by Crippen LogP contribution is -2.40. The summed E-state index contributed by atoms with van der Waals surface area (Å²) in [6.07, 6.45) is -3.72. The van der Waals surface area contributed by atoms with E-state index in [1.807, 2.05) is 0 Å². The van der Waals surface area contributed by atoms with Gasteiger partial charge in [-0.15, -0.1) is 0 Å². The van der Waals surface area contributed by atoms with Gasteiger partial charge in [-0.05, 0) is 18.6 Å². The van der Waals surface area contributed by atoms with Gasteiger partial charge in [0.05, 0.1) is 19.8 Å². The van der Waals surface area contributed by atoms with Gasteiger partial charge in [0.2, 0.25) is 0 Å². The summed E-state index contributed by atoms with van der Waals surface area (Å²) in [6, 6.07) is 3.85. The molecule has 0 saturated carbocycles. The summed E-state index contributed by atoms with van der Waals surface area (Å²) >= 11 is 0. The molecular formula is C15H19F3N2O4. The van der Waals surface area contributed by atoms with Crippen LogP contribution < -0.4 is 14.8 Å². The van der Waals surface area contributed by atoms with Crippen LogP contribution in [0.3, 0.4) is 0 Å². The lowest BCUT2D eigenvalue weighted by molar-refractivity contribution is -0.153. The van der Waals surface area contributed by atoms with Crippen LogP contribution in [0.5, 0.6) is 11.5 Å². The van der Waals surface area contributed by atoms with E-state index in [1.165, 1.54) is 30.2 Å². The minimum Gasteiger partial charge on any atom is -0.493 e. The molecular weight excluding hydrogens is 329 g/mol.